The molecule has 1 saturated heterocycles. The van der Waals surface area contributed by atoms with Crippen molar-refractivity contribution in [3.63, 3.8) is 0 Å². The summed E-state index contributed by atoms with van der Waals surface area (Å²) in [4.78, 5) is 43.3. The number of carbonyl (C=O) groups excluding carboxylic acids is 2. The molecule has 4 aliphatic carbocycles. The van der Waals surface area contributed by atoms with Gasteiger partial charge in [0.05, 0.1) is 29.3 Å². The summed E-state index contributed by atoms with van der Waals surface area (Å²) in [5, 5.41) is 6.72. The number of carbonyl (C=O) groups is 2. The van der Waals surface area contributed by atoms with E-state index in [1.165, 1.54) is 31.0 Å². The molecule has 1 aliphatic heterocycles. The first-order valence-corrected chi connectivity index (χ1v) is 13.8. The second-order valence-corrected chi connectivity index (χ2v) is 11.9. The van der Waals surface area contributed by atoms with Gasteiger partial charge in [-0.2, -0.15) is 0 Å². The van der Waals surface area contributed by atoms with Crippen molar-refractivity contribution in [3.8, 4) is 0 Å². The molecule has 4 bridgehead atoms. The van der Waals surface area contributed by atoms with Gasteiger partial charge in [0, 0.05) is 12.1 Å². The molecule has 1 unspecified atom stereocenters. The maximum absolute atomic E-state index is 13.2. The Morgan fingerprint density at radius 1 is 1.11 bits per heavy atom. The van der Waals surface area contributed by atoms with Crippen LogP contribution in [0.5, 0.6) is 0 Å². The van der Waals surface area contributed by atoms with E-state index in [1.807, 2.05) is 12.1 Å². The minimum Gasteiger partial charge on any atom is -0.376 e. The highest BCUT2D eigenvalue weighted by Gasteiger charge is 2.51. The van der Waals surface area contributed by atoms with Crippen LogP contribution in [0.25, 0.3) is 10.9 Å². The van der Waals surface area contributed by atoms with Crippen molar-refractivity contribution in [1.82, 2.24) is 20.2 Å². The van der Waals surface area contributed by atoms with Crippen LogP contribution < -0.4 is 16.2 Å². The lowest BCUT2D eigenvalue weighted by Crippen LogP contribution is -2.61. The lowest BCUT2D eigenvalue weighted by Gasteiger charge is -2.56. The molecule has 186 valence electrons. The van der Waals surface area contributed by atoms with E-state index in [0.29, 0.717) is 47.0 Å². The number of nitrogens with one attached hydrogen (secondary N) is 2. The van der Waals surface area contributed by atoms with E-state index >= 15 is 0 Å². The van der Waals surface area contributed by atoms with Crippen molar-refractivity contribution in [2.75, 3.05) is 12.4 Å². The van der Waals surface area contributed by atoms with Gasteiger partial charge in [-0.3, -0.25) is 19.5 Å². The topological polar surface area (TPSA) is 102 Å². The number of hydrogen-bond donors (Lipinski definition) is 2. The Labute approximate surface area is 208 Å². The van der Waals surface area contributed by atoms with Crippen LogP contribution in [-0.2, 0) is 16.1 Å². The molecule has 3 amide bonds. The van der Waals surface area contributed by atoms with Gasteiger partial charge in [-0.05, 0) is 81.3 Å². The summed E-state index contributed by atoms with van der Waals surface area (Å²) >= 11 is 1.18. The van der Waals surface area contributed by atoms with E-state index in [9.17, 15) is 14.4 Å². The molecule has 9 heteroatoms. The standard InChI is InChI=1S/C26H32N4O4S/c31-22(28-24(33)29-26-11-16-8-17(12-26)10-18(9-16)13-26)15-35-25-27-21-6-2-1-5-20(21)23(32)30(25)14-19-4-3-7-34-19/h1-2,5-6,16-19H,3-4,7-15H2,(H2,28,29,31,33). The SMILES string of the molecule is O=C(CSc1nc2ccccc2c(=O)n1CC1CCCO1)NC(=O)NC12CC3CC(CC(C3)C1)C2. The molecule has 1 atom stereocenters. The average Bonchev–Trinajstić information content (AvgIpc) is 3.32. The Morgan fingerprint density at radius 3 is 2.51 bits per heavy atom. The third kappa shape index (κ3) is 4.72. The lowest BCUT2D eigenvalue weighted by atomic mass is 9.53. The molecule has 1 aromatic heterocycles. The summed E-state index contributed by atoms with van der Waals surface area (Å²) in [6, 6.07) is 6.84. The average molecular weight is 497 g/mol. The van der Waals surface area contributed by atoms with Gasteiger partial charge in [0.15, 0.2) is 5.16 Å². The van der Waals surface area contributed by atoms with Crippen LogP contribution in [0.4, 0.5) is 4.79 Å². The van der Waals surface area contributed by atoms with Gasteiger partial charge in [-0.1, -0.05) is 23.9 Å². The molecule has 5 aliphatic rings. The maximum atomic E-state index is 13.2. The molecule has 5 fully saturated rings. The number of ether oxygens (including phenoxy) is 1. The van der Waals surface area contributed by atoms with Gasteiger partial charge in [-0.25, -0.2) is 9.78 Å². The van der Waals surface area contributed by atoms with Crippen molar-refractivity contribution in [1.29, 1.82) is 0 Å². The predicted octanol–water partition coefficient (Wildman–Crippen LogP) is 3.46. The number of imide groups is 1. The fourth-order valence-electron chi connectivity index (χ4n) is 7.24. The number of benzene rings is 1. The minimum absolute atomic E-state index is 0.00456. The van der Waals surface area contributed by atoms with Crippen LogP contribution in [0, 0.1) is 17.8 Å². The first-order valence-electron chi connectivity index (χ1n) is 12.8. The molecule has 0 spiro atoms. The van der Waals surface area contributed by atoms with E-state index in [-0.39, 0.29) is 28.9 Å². The highest BCUT2D eigenvalue weighted by molar-refractivity contribution is 7.99. The van der Waals surface area contributed by atoms with E-state index in [4.69, 9.17) is 4.74 Å². The molecule has 2 aromatic rings. The monoisotopic (exact) mass is 496 g/mol. The zero-order valence-electron chi connectivity index (χ0n) is 19.8. The van der Waals surface area contributed by atoms with Crippen molar-refractivity contribution < 1.29 is 14.3 Å². The third-order valence-corrected chi connectivity index (χ3v) is 9.22. The fourth-order valence-corrected chi connectivity index (χ4v) is 8.05. The van der Waals surface area contributed by atoms with Crippen molar-refractivity contribution in [2.45, 2.75) is 74.7 Å². The summed E-state index contributed by atoms with van der Waals surface area (Å²) < 4.78 is 7.36. The van der Waals surface area contributed by atoms with Gasteiger partial charge >= 0.3 is 6.03 Å². The fraction of sp³-hybridized carbons (Fsp3) is 0.615. The van der Waals surface area contributed by atoms with Crippen LogP contribution >= 0.6 is 11.8 Å². The number of aromatic nitrogens is 2. The number of para-hydroxylation sites is 1. The third-order valence-electron chi connectivity index (χ3n) is 8.24. The van der Waals surface area contributed by atoms with Crippen LogP contribution in [0.2, 0.25) is 0 Å². The van der Waals surface area contributed by atoms with E-state index in [0.717, 1.165) is 32.1 Å². The van der Waals surface area contributed by atoms with Crippen molar-refractivity contribution >= 4 is 34.6 Å². The van der Waals surface area contributed by atoms with E-state index in [2.05, 4.69) is 15.6 Å². The molecule has 35 heavy (non-hydrogen) atoms. The number of urea groups is 1. The van der Waals surface area contributed by atoms with Crippen LogP contribution in [0.3, 0.4) is 0 Å². The number of hydrogen-bond acceptors (Lipinski definition) is 6. The zero-order chi connectivity index (χ0) is 24.0. The molecule has 2 N–H and O–H groups in total. The van der Waals surface area contributed by atoms with Gasteiger partial charge in [0.1, 0.15) is 0 Å². The second-order valence-electron chi connectivity index (χ2n) is 11.0. The highest BCUT2D eigenvalue weighted by atomic mass is 32.2. The molecule has 7 rings (SSSR count). The molecule has 0 radical (unpaired) electrons. The normalized spacial score (nSPS) is 31.1. The quantitative estimate of drug-likeness (QED) is 0.469. The van der Waals surface area contributed by atoms with Gasteiger partial charge in [0.2, 0.25) is 5.91 Å². The largest absolute Gasteiger partial charge is 0.376 e. The zero-order valence-corrected chi connectivity index (χ0v) is 20.6. The van der Waals surface area contributed by atoms with Crippen molar-refractivity contribution in [3.05, 3.63) is 34.6 Å². The molecular weight excluding hydrogens is 464 g/mol. The summed E-state index contributed by atoms with van der Waals surface area (Å²) in [5.74, 6) is 1.76. The first-order chi connectivity index (χ1) is 17.0. The summed E-state index contributed by atoms with van der Waals surface area (Å²) in [6.07, 6.45) is 8.83. The molecule has 8 nitrogen and oxygen atoms in total. The van der Waals surface area contributed by atoms with Gasteiger partial charge < -0.3 is 10.1 Å². The van der Waals surface area contributed by atoms with E-state index < -0.39 is 6.03 Å². The first kappa shape index (κ1) is 23.0. The minimum atomic E-state index is -0.402. The van der Waals surface area contributed by atoms with Crippen LogP contribution in [0.15, 0.2) is 34.2 Å². The Balaban J connectivity index is 1.12. The Morgan fingerprint density at radius 2 is 1.83 bits per heavy atom. The molecular formula is C26H32N4O4S. The molecule has 2 heterocycles. The number of amides is 3. The summed E-state index contributed by atoms with van der Waals surface area (Å²) in [5.41, 5.74) is 0.325. The number of thioether (sulfide) groups is 1. The molecule has 1 aromatic carbocycles. The Bertz CT molecular complexity index is 1170. The Kier molecular flexibility index (Phi) is 6.08. The second kappa shape index (κ2) is 9.24. The molecule has 4 saturated carbocycles. The number of fused-ring (bicyclic) bond motifs is 1. The summed E-state index contributed by atoms with van der Waals surface area (Å²) in [6.45, 7) is 1.11. The van der Waals surface area contributed by atoms with Gasteiger partial charge in [0.25, 0.3) is 5.56 Å². The summed E-state index contributed by atoms with van der Waals surface area (Å²) in [7, 11) is 0. The van der Waals surface area contributed by atoms with Crippen molar-refractivity contribution in [2.24, 2.45) is 17.8 Å². The van der Waals surface area contributed by atoms with E-state index in [1.54, 1.807) is 16.7 Å². The predicted molar refractivity (Wildman–Crippen MR) is 133 cm³/mol. The highest BCUT2D eigenvalue weighted by Crippen LogP contribution is 2.55. The van der Waals surface area contributed by atoms with Gasteiger partial charge in [-0.15, -0.1) is 0 Å². The lowest BCUT2D eigenvalue weighted by molar-refractivity contribution is -0.117. The number of rotatable bonds is 6. The van der Waals surface area contributed by atoms with Crippen LogP contribution in [0.1, 0.15) is 51.4 Å². The number of nitrogens with zero attached hydrogens (tertiary/aromatic N) is 2. The van der Waals surface area contributed by atoms with Crippen LogP contribution in [-0.4, -0.2) is 45.5 Å². The Hall–Kier alpha value is -2.39. The maximum Gasteiger partial charge on any atom is 0.321 e. The smallest absolute Gasteiger partial charge is 0.321 e.